The van der Waals surface area contributed by atoms with E-state index < -0.39 is 16.8 Å². The minimum Gasteiger partial charge on any atom is -0.481 e. The Morgan fingerprint density at radius 3 is 2.11 bits per heavy atom. The molecule has 0 saturated heterocycles. The molecule has 0 aliphatic rings. The van der Waals surface area contributed by atoms with E-state index in [1.807, 2.05) is 0 Å². The van der Waals surface area contributed by atoms with Crippen molar-refractivity contribution in [3.8, 4) is 0 Å². The molecule has 0 radical (unpaired) electrons. The SMILES string of the molecule is CCC(C)(CC(C)(C)C(=O)OCCOC)C(=O)O. The fourth-order valence-corrected chi connectivity index (χ4v) is 1.81. The largest absolute Gasteiger partial charge is 0.481 e. The summed E-state index contributed by atoms with van der Waals surface area (Å²) in [5.41, 5.74) is -1.74. The molecule has 0 aromatic heterocycles. The third kappa shape index (κ3) is 4.64. The maximum atomic E-state index is 11.9. The molecule has 0 spiro atoms. The second-order valence-corrected chi connectivity index (χ2v) is 5.41. The smallest absolute Gasteiger partial charge is 0.311 e. The topological polar surface area (TPSA) is 72.8 Å². The molecule has 0 aliphatic carbocycles. The Morgan fingerprint density at radius 1 is 1.17 bits per heavy atom. The Morgan fingerprint density at radius 2 is 1.72 bits per heavy atom. The van der Waals surface area contributed by atoms with Gasteiger partial charge in [-0.2, -0.15) is 0 Å². The van der Waals surface area contributed by atoms with E-state index in [0.29, 0.717) is 13.0 Å². The first kappa shape index (κ1) is 16.9. The van der Waals surface area contributed by atoms with Crippen LogP contribution in [0.4, 0.5) is 0 Å². The van der Waals surface area contributed by atoms with Crippen molar-refractivity contribution < 1.29 is 24.2 Å². The van der Waals surface area contributed by atoms with Crippen molar-refractivity contribution in [2.45, 2.75) is 40.5 Å². The van der Waals surface area contributed by atoms with Gasteiger partial charge in [0.1, 0.15) is 6.61 Å². The van der Waals surface area contributed by atoms with Crippen LogP contribution in [0.3, 0.4) is 0 Å². The molecule has 1 N–H and O–H groups in total. The highest BCUT2D eigenvalue weighted by atomic mass is 16.6. The molecule has 0 bridgehead atoms. The van der Waals surface area contributed by atoms with Gasteiger partial charge in [-0.25, -0.2) is 0 Å². The molecule has 5 nitrogen and oxygen atoms in total. The van der Waals surface area contributed by atoms with Gasteiger partial charge in [0.25, 0.3) is 0 Å². The van der Waals surface area contributed by atoms with Gasteiger partial charge in [-0.15, -0.1) is 0 Å². The molecule has 0 aromatic rings. The number of rotatable bonds is 8. The van der Waals surface area contributed by atoms with Crippen LogP contribution in [0.15, 0.2) is 0 Å². The van der Waals surface area contributed by atoms with E-state index in [9.17, 15) is 14.7 Å². The van der Waals surface area contributed by atoms with Gasteiger partial charge in [-0.05, 0) is 33.6 Å². The number of ether oxygens (including phenoxy) is 2. The molecule has 0 amide bonds. The minimum atomic E-state index is -0.913. The van der Waals surface area contributed by atoms with Gasteiger partial charge in [0.2, 0.25) is 0 Å². The number of carbonyl (C=O) groups excluding carboxylic acids is 1. The van der Waals surface area contributed by atoms with E-state index in [4.69, 9.17) is 9.47 Å². The lowest BCUT2D eigenvalue weighted by molar-refractivity contribution is -0.160. The van der Waals surface area contributed by atoms with Gasteiger partial charge in [0.15, 0.2) is 0 Å². The Labute approximate surface area is 108 Å². The third-order valence-corrected chi connectivity index (χ3v) is 3.20. The zero-order valence-electron chi connectivity index (χ0n) is 11.9. The molecule has 1 unspecified atom stereocenters. The summed E-state index contributed by atoms with van der Waals surface area (Å²) in [4.78, 5) is 23.1. The summed E-state index contributed by atoms with van der Waals surface area (Å²) >= 11 is 0. The normalized spacial score (nSPS) is 14.9. The number of esters is 1. The average Bonchev–Trinajstić information content (AvgIpc) is 2.28. The molecule has 0 heterocycles. The number of carboxylic acid groups (broad SMARTS) is 1. The van der Waals surface area contributed by atoms with Crippen molar-refractivity contribution >= 4 is 11.9 Å². The van der Waals surface area contributed by atoms with Gasteiger partial charge in [-0.3, -0.25) is 9.59 Å². The molecule has 18 heavy (non-hydrogen) atoms. The fourth-order valence-electron chi connectivity index (χ4n) is 1.81. The highest BCUT2D eigenvalue weighted by Gasteiger charge is 2.41. The molecule has 0 rings (SSSR count). The Bertz CT molecular complexity index is 298. The molecule has 0 aromatic carbocycles. The van der Waals surface area contributed by atoms with Gasteiger partial charge in [0, 0.05) is 7.11 Å². The van der Waals surface area contributed by atoms with Crippen LogP contribution in [0.5, 0.6) is 0 Å². The van der Waals surface area contributed by atoms with Crippen LogP contribution in [0.25, 0.3) is 0 Å². The first-order chi connectivity index (χ1) is 8.19. The van der Waals surface area contributed by atoms with Crippen molar-refractivity contribution in [3.05, 3.63) is 0 Å². The summed E-state index contributed by atoms with van der Waals surface area (Å²) < 4.78 is 9.85. The molecule has 0 fully saturated rings. The van der Waals surface area contributed by atoms with E-state index in [1.165, 1.54) is 7.11 Å². The molecule has 0 aliphatic heterocycles. The molecule has 106 valence electrons. The molecular formula is C13H24O5. The van der Waals surface area contributed by atoms with Gasteiger partial charge in [-0.1, -0.05) is 6.92 Å². The number of hydrogen-bond donors (Lipinski definition) is 1. The monoisotopic (exact) mass is 260 g/mol. The number of aliphatic carboxylic acids is 1. The van der Waals surface area contributed by atoms with Crippen LogP contribution >= 0.6 is 0 Å². The molecule has 1 atom stereocenters. The van der Waals surface area contributed by atoms with E-state index in [0.717, 1.165) is 0 Å². The van der Waals surface area contributed by atoms with E-state index in [-0.39, 0.29) is 19.0 Å². The first-order valence-corrected chi connectivity index (χ1v) is 6.09. The standard InChI is InChI=1S/C13H24O5/c1-6-13(4,10(14)15)9-12(2,3)11(16)18-8-7-17-5/h6-9H2,1-5H3,(H,14,15). The Kier molecular flexibility index (Phi) is 6.32. The highest BCUT2D eigenvalue weighted by Crippen LogP contribution is 2.37. The van der Waals surface area contributed by atoms with E-state index in [2.05, 4.69) is 0 Å². The zero-order chi connectivity index (χ0) is 14.4. The van der Waals surface area contributed by atoms with Crippen molar-refractivity contribution in [2.24, 2.45) is 10.8 Å². The number of carbonyl (C=O) groups is 2. The maximum Gasteiger partial charge on any atom is 0.311 e. The van der Waals surface area contributed by atoms with Crippen LogP contribution in [-0.4, -0.2) is 37.4 Å². The van der Waals surface area contributed by atoms with Crippen molar-refractivity contribution in [3.63, 3.8) is 0 Å². The summed E-state index contributed by atoms with van der Waals surface area (Å²) in [6.07, 6.45) is 0.717. The summed E-state index contributed by atoms with van der Waals surface area (Å²) in [6.45, 7) is 7.40. The minimum absolute atomic E-state index is 0.189. The lowest BCUT2D eigenvalue weighted by Gasteiger charge is -2.32. The second-order valence-electron chi connectivity index (χ2n) is 5.41. The zero-order valence-corrected chi connectivity index (χ0v) is 11.9. The van der Waals surface area contributed by atoms with Crippen LogP contribution in [0.1, 0.15) is 40.5 Å². The van der Waals surface area contributed by atoms with Crippen LogP contribution in [0, 0.1) is 10.8 Å². The first-order valence-electron chi connectivity index (χ1n) is 6.09. The number of carboxylic acids is 1. The molecule has 5 heteroatoms. The highest BCUT2D eigenvalue weighted by molar-refractivity contribution is 5.79. The van der Waals surface area contributed by atoms with Crippen LogP contribution in [-0.2, 0) is 19.1 Å². The van der Waals surface area contributed by atoms with E-state index >= 15 is 0 Å². The van der Waals surface area contributed by atoms with Gasteiger partial charge >= 0.3 is 11.9 Å². The maximum absolute atomic E-state index is 11.9. The summed E-state index contributed by atoms with van der Waals surface area (Å²) in [5, 5.41) is 9.22. The lowest BCUT2D eigenvalue weighted by Crippen LogP contribution is -2.37. The predicted molar refractivity (Wildman–Crippen MR) is 67.3 cm³/mol. The molecule has 0 saturated carbocycles. The quantitative estimate of drug-likeness (QED) is 0.534. The Hall–Kier alpha value is -1.10. The van der Waals surface area contributed by atoms with Crippen molar-refractivity contribution in [1.29, 1.82) is 0 Å². The van der Waals surface area contributed by atoms with Crippen LogP contribution in [0.2, 0.25) is 0 Å². The molecular weight excluding hydrogens is 236 g/mol. The van der Waals surface area contributed by atoms with Gasteiger partial charge < -0.3 is 14.6 Å². The van der Waals surface area contributed by atoms with E-state index in [1.54, 1.807) is 27.7 Å². The Balaban J connectivity index is 4.62. The van der Waals surface area contributed by atoms with Crippen LogP contribution < -0.4 is 0 Å². The number of methoxy groups -OCH3 is 1. The van der Waals surface area contributed by atoms with Gasteiger partial charge in [0.05, 0.1) is 17.4 Å². The summed E-state index contributed by atoms with van der Waals surface area (Å²) in [6, 6.07) is 0. The summed E-state index contributed by atoms with van der Waals surface area (Å²) in [5.74, 6) is -1.27. The summed E-state index contributed by atoms with van der Waals surface area (Å²) in [7, 11) is 1.53. The lowest BCUT2D eigenvalue weighted by atomic mass is 9.72. The third-order valence-electron chi connectivity index (χ3n) is 3.20. The predicted octanol–water partition coefficient (Wildman–Crippen LogP) is 2.09. The van der Waals surface area contributed by atoms with Crippen molar-refractivity contribution in [2.75, 3.05) is 20.3 Å². The average molecular weight is 260 g/mol. The number of hydrogen-bond acceptors (Lipinski definition) is 4. The fraction of sp³-hybridized carbons (Fsp3) is 0.846. The second kappa shape index (κ2) is 6.73. The van der Waals surface area contributed by atoms with Crippen molar-refractivity contribution in [1.82, 2.24) is 0 Å².